The standard InChI is InChI=1S/C15H16N2O4S/c1-20-17-14(18)12-6-4-11(5-7-12)10-21-15(19)16-9-13-3-2-8-22-13/h2-8H,9-10H2,1H3,(H,16,19)(H,17,18). The lowest BCUT2D eigenvalue weighted by molar-refractivity contribution is 0.0537. The lowest BCUT2D eigenvalue weighted by atomic mass is 10.1. The van der Waals surface area contributed by atoms with E-state index in [-0.39, 0.29) is 12.5 Å². The number of hydrogen-bond acceptors (Lipinski definition) is 5. The normalized spacial score (nSPS) is 10.0. The predicted molar refractivity (Wildman–Crippen MR) is 82.3 cm³/mol. The number of nitrogens with one attached hydrogen (secondary N) is 2. The first-order chi connectivity index (χ1) is 10.7. The first-order valence-corrected chi connectivity index (χ1v) is 7.42. The van der Waals surface area contributed by atoms with Crippen molar-refractivity contribution >= 4 is 23.3 Å². The molecule has 116 valence electrons. The third-order valence-electron chi connectivity index (χ3n) is 2.77. The van der Waals surface area contributed by atoms with Crippen molar-refractivity contribution in [2.75, 3.05) is 7.11 Å². The van der Waals surface area contributed by atoms with Gasteiger partial charge in [-0.15, -0.1) is 11.3 Å². The maximum absolute atomic E-state index is 11.6. The number of rotatable bonds is 6. The summed E-state index contributed by atoms with van der Waals surface area (Å²) in [6.07, 6.45) is -0.477. The Hall–Kier alpha value is -2.38. The summed E-state index contributed by atoms with van der Waals surface area (Å²) in [5.41, 5.74) is 3.49. The van der Waals surface area contributed by atoms with E-state index < -0.39 is 6.09 Å². The molecule has 2 aromatic rings. The quantitative estimate of drug-likeness (QED) is 0.802. The molecule has 7 heteroatoms. The van der Waals surface area contributed by atoms with Crippen LogP contribution in [0.5, 0.6) is 0 Å². The first-order valence-electron chi connectivity index (χ1n) is 6.54. The van der Waals surface area contributed by atoms with E-state index >= 15 is 0 Å². The zero-order valence-corrected chi connectivity index (χ0v) is 12.8. The van der Waals surface area contributed by atoms with E-state index in [0.29, 0.717) is 12.1 Å². The Kier molecular flexibility index (Phi) is 5.93. The number of amides is 2. The fourth-order valence-corrected chi connectivity index (χ4v) is 2.32. The molecule has 0 aliphatic carbocycles. The predicted octanol–water partition coefficient (Wildman–Crippen LogP) is 2.47. The molecule has 0 spiro atoms. The highest BCUT2D eigenvalue weighted by Gasteiger charge is 2.06. The van der Waals surface area contributed by atoms with E-state index in [0.717, 1.165) is 10.4 Å². The number of carbonyl (C=O) groups excluding carboxylic acids is 2. The van der Waals surface area contributed by atoms with Gasteiger partial charge in [-0.3, -0.25) is 9.63 Å². The molecule has 1 aromatic carbocycles. The van der Waals surface area contributed by atoms with E-state index in [1.165, 1.54) is 7.11 Å². The number of carbonyl (C=O) groups is 2. The van der Waals surface area contributed by atoms with Crippen LogP contribution in [-0.2, 0) is 22.7 Å². The number of benzene rings is 1. The molecule has 0 atom stereocenters. The summed E-state index contributed by atoms with van der Waals surface area (Å²) in [7, 11) is 1.37. The Bertz CT molecular complexity index is 611. The summed E-state index contributed by atoms with van der Waals surface area (Å²) in [6, 6.07) is 10.6. The van der Waals surface area contributed by atoms with Gasteiger partial charge in [0, 0.05) is 10.4 Å². The molecule has 2 amide bonds. The molecule has 0 radical (unpaired) electrons. The highest BCUT2D eigenvalue weighted by molar-refractivity contribution is 7.09. The molecule has 1 heterocycles. The van der Waals surface area contributed by atoms with E-state index in [9.17, 15) is 9.59 Å². The second kappa shape index (κ2) is 8.16. The van der Waals surface area contributed by atoms with Gasteiger partial charge >= 0.3 is 6.09 Å². The van der Waals surface area contributed by atoms with Crippen molar-refractivity contribution in [1.82, 2.24) is 10.8 Å². The summed E-state index contributed by atoms with van der Waals surface area (Å²) in [5, 5.41) is 4.62. The van der Waals surface area contributed by atoms with E-state index in [4.69, 9.17) is 4.74 Å². The van der Waals surface area contributed by atoms with Gasteiger partial charge in [0.25, 0.3) is 5.91 Å². The molecule has 0 aliphatic rings. The van der Waals surface area contributed by atoms with Gasteiger partial charge in [-0.05, 0) is 29.1 Å². The van der Waals surface area contributed by atoms with Crippen LogP contribution in [0, 0.1) is 0 Å². The van der Waals surface area contributed by atoms with Crippen LogP contribution < -0.4 is 10.8 Å². The molecule has 0 saturated carbocycles. The Balaban J connectivity index is 1.76. The molecule has 6 nitrogen and oxygen atoms in total. The van der Waals surface area contributed by atoms with Crippen LogP contribution in [0.3, 0.4) is 0 Å². The van der Waals surface area contributed by atoms with Gasteiger partial charge < -0.3 is 10.1 Å². The van der Waals surface area contributed by atoms with Crippen molar-refractivity contribution in [1.29, 1.82) is 0 Å². The largest absolute Gasteiger partial charge is 0.445 e. The number of thiophene rings is 1. The van der Waals surface area contributed by atoms with Crippen molar-refractivity contribution in [2.24, 2.45) is 0 Å². The topological polar surface area (TPSA) is 76.7 Å². The van der Waals surface area contributed by atoms with Crippen LogP contribution >= 0.6 is 11.3 Å². The minimum absolute atomic E-state index is 0.141. The molecule has 0 unspecified atom stereocenters. The summed E-state index contributed by atoms with van der Waals surface area (Å²) in [4.78, 5) is 28.7. The molecule has 22 heavy (non-hydrogen) atoms. The average Bonchev–Trinajstić information content (AvgIpc) is 3.05. The van der Waals surface area contributed by atoms with Gasteiger partial charge in [-0.25, -0.2) is 10.3 Å². The number of hydroxylamine groups is 1. The maximum atomic E-state index is 11.6. The number of alkyl carbamates (subject to hydrolysis) is 1. The summed E-state index contributed by atoms with van der Waals surface area (Å²) >= 11 is 1.57. The monoisotopic (exact) mass is 320 g/mol. The molecule has 2 N–H and O–H groups in total. The molecule has 1 aromatic heterocycles. The Morgan fingerprint density at radius 1 is 1.18 bits per heavy atom. The van der Waals surface area contributed by atoms with Gasteiger partial charge in [-0.2, -0.15) is 0 Å². The van der Waals surface area contributed by atoms with Gasteiger partial charge in [0.05, 0.1) is 13.7 Å². The summed E-state index contributed by atoms with van der Waals surface area (Å²) < 4.78 is 5.10. The van der Waals surface area contributed by atoms with Crippen molar-refractivity contribution in [2.45, 2.75) is 13.2 Å². The third-order valence-corrected chi connectivity index (χ3v) is 3.64. The molecule has 0 aliphatic heterocycles. The lowest BCUT2D eigenvalue weighted by Crippen LogP contribution is -2.23. The summed E-state index contributed by atoms with van der Waals surface area (Å²) in [5.74, 6) is -0.330. The Labute approximate surface area is 132 Å². The molecule has 2 rings (SSSR count). The van der Waals surface area contributed by atoms with Crippen LogP contribution in [0.15, 0.2) is 41.8 Å². The maximum Gasteiger partial charge on any atom is 0.407 e. The second-order valence-corrected chi connectivity index (χ2v) is 5.37. The van der Waals surface area contributed by atoms with Crippen LogP contribution in [0.25, 0.3) is 0 Å². The van der Waals surface area contributed by atoms with Crippen molar-refractivity contribution in [3.8, 4) is 0 Å². The molecular weight excluding hydrogens is 304 g/mol. The van der Waals surface area contributed by atoms with Crippen LogP contribution in [0.2, 0.25) is 0 Å². The average molecular weight is 320 g/mol. The van der Waals surface area contributed by atoms with Crippen LogP contribution in [0.1, 0.15) is 20.8 Å². The smallest absolute Gasteiger partial charge is 0.407 e. The van der Waals surface area contributed by atoms with Crippen molar-refractivity contribution < 1.29 is 19.2 Å². The lowest BCUT2D eigenvalue weighted by Gasteiger charge is -2.07. The van der Waals surface area contributed by atoms with Gasteiger partial charge in [0.15, 0.2) is 0 Å². The molecule has 0 bridgehead atoms. The van der Waals surface area contributed by atoms with E-state index in [2.05, 4.69) is 15.6 Å². The second-order valence-electron chi connectivity index (χ2n) is 4.34. The highest BCUT2D eigenvalue weighted by Crippen LogP contribution is 2.08. The first kappa shape index (κ1) is 16.0. The number of hydrogen-bond donors (Lipinski definition) is 2. The summed E-state index contributed by atoms with van der Waals surface area (Å²) in [6.45, 7) is 0.592. The fraction of sp³-hybridized carbons (Fsp3) is 0.200. The molecule has 0 fully saturated rings. The van der Waals surface area contributed by atoms with Crippen LogP contribution in [0.4, 0.5) is 4.79 Å². The van der Waals surface area contributed by atoms with Gasteiger partial charge in [-0.1, -0.05) is 18.2 Å². The van der Waals surface area contributed by atoms with Crippen molar-refractivity contribution in [3.05, 3.63) is 57.8 Å². The minimum atomic E-state index is -0.477. The van der Waals surface area contributed by atoms with Crippen LogP contribution in [-0.4, -0.2) is 19.1 Å². The molecular formula is C15H16N2O4S. The Morgan fingerprint density at radius 2 is 1.95 bits per heavy atom. The van der Waals surface area contributed by atoms with Crippen molar-refractivity contribution in [3.63, 3.8) is 0 Å². The minimum Gasteiger partial charge on any atom is -0.445 e. The fourth-order valence-electron chi connectivity index (χ4n) is 1.68. The van der Waals surface area contributed by atoms with Gasteiger partial charge in [0.1, 0.15) is 6.61 Å². The third kappa shape index (κ3) is 4.87. The van der Waals surface area contributed by atoms with E-state index in [1.54, 1.807) is 35.6 Å². The van der Waals surface area contributed by atoms with E-state index in [1.807, 2.05) is 17.5 Å². The molecule has 0 saturated heterocycles. The highest BCUT2D eigenvalue weighted by atomic mass is 32.1. The SMILES string of the molecule is CONC(=O)c1ccc(COC(=O)NCc2cccs2)cc1. The van der Waals surface area contributed by atoms with Gasteiger partial charge in [0.2, 0.25) is 0 Å². The Morgan fingerprint density at radius 3 is 2.59 bits per heavy atom. The zero-order chi connectivity index (χ0) is 15.8. The number of ether oxygens (including phenoxy) is 1. The zero-order valence-electron chi connectivity index (χ0n) is 12.0.